The lowest BCUT2D eigenvalue weighted by Gasteiger charge is -2.13. The molecular formula is C12H12N2O2. The largest absolute Gasteiger partial charge is 0.389 e. The summed E-state index contributed by atoms with van der Waals surface area (Å²) in [4.78, 5) is 18.1. The molecule has 0 unspecified atom stereocenters. The van der Waals surface area contributed by atoms with E-state index in [0.717, 1.165) is 25.9 Å². The minimum absolute atomic E-state index is 0.299. The first-order valence-electron chi connectivity index (χ1n) is 5.49. The number of anilines is 1. The van der Waals surface area contributed by atoms with E-state index in [1.165, 1.54) is 0 Å². The van der Waals surface area contributed by atoms with Crippen molar-refractivity contribution in [2.45, 2.75) is 12.8 Å². The first-order chi connectivity index (χ1) is 7.84. The maximum Gasteiger partial charge on any atom is 0.348 e. The predicted molar refractivity (Wildman–Crippen MR) is 61.7 cm³/mol. The maximum atomic E-state index is 11.7. The molecule has 0 N–H and O–H groups in total. The number of hydrogen-bond donors (Lipinski definition) is 0. The predicted octanol–water partition coefficient (Wildman–Crippen LogP) is 1.79. The van der Waals surface area contributed by atoms with Crippen LogP contribution in [0.25, 0.3) is 10.9 Å². The molecule has 1 aromatic heterocycles. The molecule has 1 aliphatic heterocycles. The molecule has 0 bridgehead atoms. The van der Waals surface area contributed by atoms with Crippen molar-refractivity contribution >= 4 is 16.9 Å². The SMILES string of the molecule is O=c1oc(N2CCCC2)nc2ccccc12. The number of benzene rings is 1. The van der Waals surface area contributed by atoms with Gasteiger partial charge >= 0.3 is 11.6 Å². The number of aromatic nitrogens is 1. The summed E-state index contributed by atoms with van der Waals surface area (Å²) in [6.45, 7) is 1.85. The highest BCUT2D eigenvalue weighted by atomic mass is 16.4. The highest BCUT2D eigenvalue weighted by molar-refractivity contribution is 5.77. The Morgan fingerprint density at radius 1 is 1.19 bits per heavy atom. The monoisotopic (exact) mass is 216 g/mol. The van der Waals surface area contributed by atoms with Gasteiger partial charge in [-0.15, -0.1) is 0 Å². The zero-order chi connectivity index (χ0) is 11.0. The Hall–Kier alpha value is -1.84. The van der Waals surface area contributed by atoms with Crippen molar-refractivity contribution in [2.24, 2.45) is 0 Å². The van der Waals surface area contributed by atoms with Crippen LogP contribution < -0.4 is 10.5 Å². The summed E-state index contributed by atoms with van der Waals surface area (Å²) in [5.41, 5.74) is 0.410. The molecule has 0 radical (unpaired) electrons. The van der Waals surface area contributed by atoms with E-state index in [4.69, 9.17) is 4.42 Å². The smallest absolute Gasteiger partial charge is 0.348 e. The molecule has 0 atom stereocenters. The summed E-state index contributed by atoms with van der Waals surface area (Å²) in [5, 5.41) is 0.547. The number of para-hydroxylation sites is 1. The van der Waals surface area contributed by atoms with Gasteiger partial charge in [0.2, 0.25) is 0 Å². The second-order valence-corrected chi connectivity index (χ2v) is 4.00. The van der Waals surface area contributed by atoms with Crippen LogP contribution in [0.4, 0.5) is 6.01 Å². The lowest BCUT2D eigenvalue weighted by atomic mass is 10.2. The number of fused-ring (bicyclic) bond motifs is 1. The molecule has 4 nitrogen and oxygen atoms in total. The van der Waals surface area contributed by atoms with Crippen LogP contribution in [0.2, 0.25) is 0 Å². The highest BCUT2D eigenvalue weighted by Crippen LogP contribution is 2.18. The second kappa shape index (κ2) is 3.63. The molecule has 0 saturated carbocycles. The van der Waals surface area contributed by atoms with E-state index in [0.29, 0.717) is 16.9 Å². The minimum Gasteiger partial charge on any atom is -0.389 e. The summed E-state index contributed by atoms with van der Waals surface area (Å²) in [6, 6.07) is 7.73. The third kappa shape index (κ3) is 1.46. The molecule has 2 heterocycles. The average molecular weight is 216 g/mol. The average Bonchev–Trinajstić information content (AvgIpc) is 2.82. The van der Waals surface area contributed by atoms with Crippen molar-refractivity contribution in [2.75, 3.05) is 18.0 Å². The molecule has 0 aliphatic carbocycles. The molecule has 82 valence electrons. The van der Waals surface area contributed by atoms with E-state index in [2.05, 4.69) is 4.98 Å². The molecule has 0 spiro atoms. The van der Waals surface area contributed by atoms with Crippen LogP contribution in [-0.2, 0) is 0 Å². The van der Waals surface area contributed by atoms with Crippen molar-refractivity contribution in [3.8, 4) is 0 Å². The second-order valence-electron chi connectivity index (χ2n) is 4.00. The third-order valence-corrected chi connectivity index (χ3v) is 2.90. The van der Waals surface area contributed by atoms with E-state index in [1.807, 2.05) is 23.1 Å². The minimum atomic E-state index is -0.299. The fraction of sp³-hybridized carbons (Fsp3) is 0.333. The topological polar surface area (TPSA) is 46.3 Å². The van der Waals surface area contributed by atoms with Crippen molar-refractivity contribution in [1.29, 1.82) is 0 Å². The van der Waals surface area contributed by atoms with Gasteiger partial charge < -0.3 is 9.32 Å². The van der Waals surface area contributed by atoms with Gasteiger partial charge in [0.1, 0.15) is 0 Å². The van der Waals surface area contributed by atoms with Gasteiger partial charge in [0.25, 0.3) is 0 Å². The molecule has 1 saturated heterocycles. The van der Waals surface area contributed by atoms with Crippen LogP contribution in [0.15, 0.2) is 33.5 Å². The number of rotatable bonds is 1. The van der Waals surface area contributed by atoms with Crippen LogP contribution in [0, 0.1) is 0 Å². The Morgan fingerprint density at radius 3 is 2.75 bits per heavy atom. The molecule has 1 fully saturated rings. The number of hydrogen-bond acceptors (Lipinski definition) is 4. The van der Waals surface area contributed by atoms with Crippen molar-refractivity contribution in [3.05, 3.63) is 34.7 Å². The van der Waals surface area contributed by atoms with Crippen LogP contribution in [0.3, 0.4) is 0 Å². The van der Waals surface area contributed by atoms with E-state index < -0.39 is 0 Å². The fourth-order valence-electron chi connectivity index (χ4n) is 2.05. The first kappa shape index (κ1) is 9.39. The van der Waals surface area contributed by atoms with Crippen LogP contribution in [0.5, 0.6) is 0 Å². The standard InChI is InChI=1S/C12H12N2O2/c15-11-9-5-1-2-6-10(9)13-12(16-11)14-7-3-4-8-14/h1-2,5-6H,3-4,7-8H2. The van der Waals surface area contributed by atoms with Gasteiger partial charge in [-0.25, -0.2) is 4.79 Å². The van der Waals surface area contributed by atoms with Crippen molar-refractivity contribution in [1.82, 2.24) is 4.98 Å². The Kier molecular flexibility index (Phi) is 2.13. The summed E-state index contributed by atoms with van der Waals surface area (Å²) < 4.78 is 5.23. The Labute approximate surface area is 92.5 Å². The van der Waals surface area contributed by atoms with Crippen molar-refractivity contribution < 1.29 is 4.42 Å². The lowest BCUT2D eigenvalue weighted by molar-refractivity contribution is 0.496. The zero-order valence-corrected chi connectivity index (χ0v) is 8.85. The van der Waals surface area contributed by atoms with Gasteiger partial charge in [0.15, 0.2) is 0 Å². The first-order valence-corrected chi connectivity index (χ1v) is 5.49. The van der Waals surface area contributed by atoms with Gasteiger partial charge in [-0.3, -0.25) is 0 Å². The third-order valence-electron chi connectivity index (χ3n) is 2.90. The lowest BCUT2D eigenvalue weighted by Crippen LogP contribution is -2.20. The van der Waals surface area contributed by atoms with Crippen LogP contribution >= 0.6 is 0 Å². The van der Waals surface area contributed by atoms with Gasteiger partial charge in [0.05, 0.1) is 10.9 Å². The van der Waals surface area contributed by atoms with Crippen LogP contribution in [-0.4, -0.2) is 18.1 Å². The van der Waals surface area contributed by atoms with Gasteiger partial charge in [0, 0.05) is 13.1 Å². The van der Waals surface area contributed by atoms with Gasteiger partial charge in [-0.05, 0) is 25.0 Å². The molecule has 1 aliphatic rings. The quantitative estimate of drug-likeness (QED) is 0.729. The summed E-state index contributed by atoms with van der Waals surface area (Å²) in [7, 11) is 0. The highest BCUT2D eigenvalue weighted by Gasteiger charge is 2.17. The molecule has 2 aromatic rings. The van der Waals surface area contributed by atoms with Gasteiger partial charge in [-0.2, -0.15) is 4.98 Å². The van der Waals surface area contributed by atoms with E-state index in [1.54, 1.807) is 6.07 Å². The van der Waals surface area contributed by atoms with E-state index in [-0.39, 0.29) is 5.63 Å². The van der Waals surface area contributed by atoms with Crippen molar-refractivity contribution in [3.63, 3.8) is 0 Å². The molecule has 16 heavy (non-hydrogen) atoms. The zero-order valence-electron chi connectivity index (χ0n) is 8.85. The fourth-order valence-corrected chi connectivity index (χ4v) is 2.05. The van der Waals surface area contributed by atoms with E-state index in [9.17, 15) is 4.79 Å². The number of nitrogens with zero attached hydrogens (tertiary/aromatic N) is 2. The molecule has 3 rings (SSSR count). The molecule has 4 heteroatoms. The molecule has 1 aromatic carbocycles. The Morgan fingerprint density at radius 2 is 1.94 bits per heavy atom. The summed E-state index contributed by atoms with van der Waals surface area (Å²) in [5.74, 6) is 0. The maximum absolute atomic E-state index is 11.7. The summed E-state index contributed by atoms with van der Waals surface area (Å²) >= 11 is 0. The molecule has 0 amide bonds. The van der Waals surface area contributed by atoms with E-state index >= 15 is 0 Å². The van der Waals surface area contributed by atoms with Crippen LogP contribution in [0.1, 0.15) is 12.8 Å². The normalized spacial score (nSPS) is 15.9. The molecular weight excluding hydrogens is 204 g/mol. The van der Waals surface area contributed by atoms with Gasteiger partial charge in [-0.1, -0.05) is 12.1 Å². The Bertz CT molecular complexity index is 570. The summed E-state index contributed by atoms with van der Waals surface area (Å²) in [6.07, 6.45) is 2.27. The Balaban J connectivity index is 2.17.